The zero-order valence-electron chi connectivity index (χ0n) is 21.6. The van der Waals surface area contributed by atoms with Crippen molar-refractivity contribution >= 4 is 21.6 Å². The number of carbonyl (C=O) groups excluding carboxylic acids is 1. The molecule has 0 saturated carbocycles. The average molecular weight is 501 g/mol. The standard InChI is InChI=1S/C26H36N4O4S/c1-15(2)21-9-17(14-27)10-22(16(3)4)23(21)29-24(31)30-35(28,34)20-12-18(25(5,6)32)11-19(13-20)26(7,8)33/h9-13,15-16,32-33H,1-8H3,(H3,28,29,30,31,34)/t35-/m0/s1. The van der Waals surface area contributed by atoms with Crippen LogP contribution in [0.25, 0.3) is 0 Å². The maximum atomic E-state index is 13.4. The van der Waals surface area contributed by atoms with Gasteiger partial charge in [-0.25, -0.2) is 14.1 Å². The van der Waals surface area contributed by atoms with E-state index in [-0.39, 0.29) is 16.7 Å². The zero-order chi connectivity index (χ0) is 26.9. The fourth-order valence-electron chi connectivity index (χ4n) is 3.59. The van der Waals surface area contributed by atoms with Gasteiger partial charge in [0, 0.05) is 5.69 Å². The summed E-state index contributed by atoms with van der Waals surface area (Å²) >= 11 is 0. The van der Waals surface area contributed by atoms with E-state index in [9.17, 15) is 24.5 Å². The van der Waals surface area contributed by atoms with E-state index in [2.05, 4.69) is 15.7 Å². The molecule has 0 aliphatic carbocycles. The van der Waals surface area contributed by atoms with E-state index < -0.39 is 27.1 Å². The third kappa shape index (κ3) is 6.89. The summed E-state index contributed by atoms with van der Waals surface area (Å²) in [6.45, 7) is 14.0. The number of anilines is 1. The third-order valence-electron chi connectivity index (χ3n) is 5.68. The number of urea groups is 1. The third-order valence-corrected chi connectivity index (χ3v) is 7.03. The van der Waals surface area contributed by atoms with Crippen LogP contribution in [-0.2, 0) is 21.1 Å². The molecule has 0 aliphatic heterocycles. The molecule has 0 unspecified atom stereocenters. The number of nitriles is 1. The molecule has 35 heavy (non-hydrogen) atoms. The summed E-state index contributed by atoms with van der Waals surface area (Å²) in [6.07, 6.45) is 0. The van der Waals surface area contributed by atoms with E-state index in [1.165, 1.54) is 12.1 Å². The molecule has 0 aliphatic rings. The predicted molar refractivity (Wildman–Crippen MR) is 138 cm³/mol. The summed E-state index contributed by atoms with van der Waals surface area (Å²) < 4.78 is 17.2. The van der Waals surface area contributed by atoms with Gasteiger partial charge in [0.15, 0.2) is 0 Å². The summed E-state index contributed by atoms with van der Waals surface area (Å²) in [5, 5.41) is 39.2. The van der Waals surface area contributed by atoms with Gasteiger partial charge in [-0.3, -0.25) is 0 Å². The Labute approximate surface area is 208 Å². The number of hydrogen-bond donors (Lipinski definition) is 4. The van der Waals surface area contributed by atoms with Crippen molar-refractivity contribution < 1.29 is 19.2 Å². The van der Waals surface area contributed by atoms with Crippen LogP contribution in [0.5, 0.6) is 0 Å². The van der Waals surface area contributed by atoms with Crippen LogP contribution in [0, 0.1) is 11.3 Å². The Kier molecular flexibility index (Phi) is 8.19. The van der Waals surface area contributed by atoms with Gasteiger partial charge in [0.1, 0.15) is 9.92 Å². The Bertz CT molecular complexity index is 1220. The van der Waals surface area contributed by atoms with Crippen molar-refractivity contribution in [3.8, 4) is 6.07 Å². The topological polar surface area (TPSA) is 149 Å². The lowest BCUT2D eigenvalue weighted by Crippen LogP contribution is -2.24. The summed E-state index contributed by atoms with van der Waals surface area (Å²) in [4.78, 5) is 13.0. The van der Waals surface area contributed by atoms with Crippen LogP contribution in [0.2, 0.25) is 0 Å². The summed E-state index contributed by atoms with van der Waals surface area (Å²) in [5.41, 5.74) is 0.636. The molecule has 190 valence electrons. The molecule has 0 fully saturated rings. The number of nitrogens with zero attached hydrogens (tertiary/aromatic N) is 2. The van der Waals surface area contributed by atoms with Gasteiger partial charge < -0.3 is 15.5 Å². The highest BCUT2D eigenvalue weighted by molar-refractivity contribution is 7.91. The fraction of sp³-hybridized carbons (Fsp3) is 0.462. The molecule has 0 radical (unpaired) electrons. The Hall–Kier alpha value is -2.77. The maximum absolute atomic E-state index is 13.4. The summed E-state index contributed by atoms with van der Waals surface area (Å²) in [5.74, 6) is -0.00714. The van der Waals surface area contributed by atoms with Gasteiger partial charge in [-0.1, -0.05) is 33.8 Å². The van der Waals surface area contributed by atoms with E-state index in [0.29, 0.717) is 22.4 Å². The second-order valence-corrected chi connectivity index (χ2v) is 12.2. The van der Waals surface area contributed by atoms with Crippen molar-refractivity contribution in [2.75, 3.05) is 5.32 Å². The smallest absolute Gasteiger partial charge is 0.354 e. The molecule has 0 spiro atoms. The second kappa shape index (κ2) is 10.1. The van der Waals surface area contributed by atoms with E-state index in [4.69, 9.17) is 5.14 Å². The van der Waals surface area contributed by atoms with Crippen LogP contribution in [0.1, 0.15) is 95.0 Å². The van der Waals surface area contributed by atoms with E-state index in [0.717, 1.165) is 11.1 Å². The minimum atomic E-state index is -3.74. The fourth-order valence-corrected chi connectivity index (χ4v) is 4.58. The number of aliphatic hydroxyl groups is 2. The van der Waals surface area contributed by atoms with E-state index in [1.54, 1.807) is 45.9 Å². The highest BCUT2D eigenvalue weighted by Crippen LogP contribution is 2.34. The van der Waals surface area contributed by atoms with Crippen LogP contribution in [0.15, 0.2) is 39.6 Å². The lowest BCUT2D eigenvalue weighted by atomic mass is 9.90. The van der Waals surface area contributed by atoms with Crippen LogP contribution < -0.4 is 10.5 Å². The molecule has 2 rings (SSSR count). The van der Waals surface area contributed by atoms with E-state index in [1.807, 2.05) is 27.7 Å². The predicted octanol–water partition coefficient (Wildman–Crippen LogP) is 5.19. The van der Waals surface area contributed by atoms with Gasteiger partial charge in [-0.2, -0.15) is 5.26 Å². The van der Waals surface area contributed by atoms with Gasteiger partial charge in [0.2, 0.25) is 0 Å². The summed E-state index contributed by atoms with van der Waals surface area (Å²) in [6, 6.07) is 9.13. The molecule has 2 amide bonds. The Morgan fingerprint density at radius 3 is 1.74 bits per heavy atom. The van der Waals surface area contributed by atoms with Gasteiger partial charge in [0.05, 0.1) is 27.7 Å². The number of rotatable bonds is 6. The van der Waals surface area contributed by atoms with Gasteiger partial charge in [-0.05, 0) is 86.1 Å². The molecule has 5 N–H and O–H groups in total. The Morgan fingerprint density at radius 1 is 0.971 bits per heavy atom. The molecule has 0 saturated heterocycles. The molecule has 2 aromatic carbocycles. The molecule has 8 nitrogen and oxygen atoms in total. The number of carbonyl (C=O) groups is 1. The SMILES string of the molecule is CC(C)c1cc(C#N)cc(C(C)C)c1NC(=O)N=[S@](N)(=O)c1cc(C(C)(C)O)cc(C(C)(C)O)c1. The summed E-state index contributed by atoms with van der Waals surface area (Å²) in [7, 11) is -3.74. The molecule has 0 bridgehead atoms. The minimum Gasteiger partial charge on any atom is -0.386 e. The maximum Gasteiger partial charge on any atom is 0.354 e. The highest BCUT2D eigenvalue weighted by atomic mass is 32.2. The highest BCUT2D eigenvalue weighted by Gasteiger charge is 2.26. The Morgan fingerprint density at radius 2 is 1.40 bits per heavy atom. The second-order valence-electron chi connectivity index (χ2n) is 10.4. The molecule has 1 atom stereocenters. The van der Waals surface area contributed by atoms with Crippen molar-refractivity contribution in [3.63, 3.8) is 0 Å². The lowest BCUT2D eigenvalue weighted by molar-refractivity contribution is 0.0713. The first-order valence-electron chi connectivity index (χ1n) is 11.4. The number of nitrogens with one attached hydrogen (secondary N) is 1. The normalized spacial score (nSPS) is 13.9. The van der Waals surface area contributed by atoms with E-state index >= 15 is 0 Å². The van der Waals surface area contributed by atoms with Crippen molar-refractivity contribution in [2.24, 2.45) is 9.50 Å². The van der Waals surface area contributed by atoms with Crippen LogP contribution in [0.3, 0.4) is 0 Å². The number of hydrogen-bond acceptors (Lipinski definition) is 5. The van der Waals surface area contributed by atoms with Crippen LogP contribution in [-0.4, -0.2) is 20.5 Å². The van der Waals surface area contributed by atoms with Crippen molar-refractivity contribution in [2.45, 2.75) is 83.3 Å². The number of nitrogens with two attached hydrogens (primary N) is 1. The molecule has 2 aromatic rings. The van der Waals surface area contributed by atoms with Gasteiger partial charge in [-0.15, -0.1) is 4.36 Å². The number of amides is 2. The minimum absolute atomic E-state index is 0.00357. The van der Waals surface area contributed by atoms with Crippen molar-refractivity contribution in [3.05, 3.63) is 58.1 Å². The Balaban J connectivity index is 2.64. The van der Waals surface area contributed by atoms with Crippen LogP contribution >= 0.6 is 0 Å². The monoisotopic (exact) mass is 500 g/mol. The molecular weight excluding hydrogens is 464 g/mol. The molecular formula is C26H36N4O4S. The number of benzene rings is 2. The first kappa shape index (κ1) is 28.5. The largest absolute Gasteiger partial charge is 0.386 e. The van der Waals surface area contributed by atoms with Crippen molar-refractivity contribution in [1.82, 2.24) is 0 Å². The zero-order valence-corrected chi connectivity index (χ0v) is 22.4. The average Bonchev–Trinajstić information content (AvgIpc) is 2.71. The first-order valence-corrected chi connectivity index (χ1v) is 13.0. The van der Waals surface area contributed by atoms with Gasteiger partial charge >= 0.3 is 6.03 Å². The van der Waals surface area contributed by atoms with Gasteiger partial charge in [0.25, 0.3) is 0 Å². The molecule has 0 heterocycles. The first-order chi connectivity index (χ1) is 15.9. The molecule has 0 aromatic heterocycles. The van der Waals surface area contributed by atoms with Crippen molar-refractivity contribution in [1.29, 1.82) is 5.26 Å². The molecule has 9 heteroatoms. The van der Waals surface area contributed by atoms with Crippen LogP contribution in [0.4, 0.5) is 10.5 Å². The lowest BCUT2D eigenvalue weighted by Gasteiger charge is -2.24. The quantitative estimate of drug-likeness (QED) is 0.430.